The monoisotopic (exact) mass is 524 g/mol. The minimum atomic E-state index is -1.91. The maximum atomic E-state index is 3.12. The van der Waals surface area contributed by atoms with Crippen LogP contribution in [0.25, 0.3) is 0 Å². The van der Waals surface area contributed by atoms with Gasteiger partial charge in [0.05, 0.1) is 0 Å². The average molecular weight is 525 g/mol. The molecule has 0 amide bonds. The summed E-state index contributed by atoms with van der Waals surface area (Å²) < 4.78 is 6.24. The Kier molecular flexibility index (Phi) is 10.4. The molecule has 0 saturated heterocycles. The van der Waals surface area contributed by atoms with E-state index in [0.29, 0.717) is 11.1 Å². The van der Waals surface area contributed by atoms with Gasteiger partial charge in [0.1, 0.15) is 0 Å². The van der Waals surface area contributed by atoms with E-state index in [4.69, 9.17) is 0 Å². The van der Waals surface area contributed by atoms with E-state index in [1.165, 1.54) is 0 Å². The SMILES string of the molecule is CC(C)[PH](C(C)C)(C(N(S(C)(C)C)S(C)(C)C)N(S(C)(C)C)S(C)(C)C)C(C)(C)C. The van der Waals surface area contributed by atoms with Crippen LogP contribution in [-0.2, 0) is 0 Å². The molecule has 0 spiro atoms. The van der Waals surface area contributed by atoms with Crippen molar-refractivity contribution in [1.82, 2.24) is 7.42 Å². The van der Waals surface area contributed by atoms with E-state index in [1.54, 1.807) is 0 Å². The van der Waals surface area contributed by atoms with Crippen molar-refractivity contribution in [3.8, 4) is 0 Å². The van der Waals surface area contributed by atoms with Gasteiger partial charge in [-0.25, -0.2) is 0 Å². The fourth-order valence-corrected chi connectivity index (χ4v) is 33.4. The third-order valence-corrected chi connectivity index (χ3v) is 25.2. The van der Waals surface area contributed by atoms with Crippen molar-refractivity contribution in [2.75, 3.05) is 75.1 Å². The van der Waals surface area contributed by atoms with Gasteiger partial charge >= 0.3 is 201 Å². The molecule has 0 aromatic rings. The second-order valence-electron chi connectivity index (χ2n) is 13.5. The summed E-state index contributed by atoms with van der Waals surface area (Å²) in [5, 5.41) is 0.321. The molecule has 192 valence electrons. The van der Waals surface area contributed by atoms with Gasteiger partial charge < -0.3 is 0 Å². The molecular weight excluding hydrogens is 464 g/mol. The van der Waals surface area contributed by atoms with Gasteiger partial charge in [-0.1, -0.05) is 0 Å². The van der Waals surface area contributed by atoms with E-state index in [-0.39, 0.29) is 0 Å². The second kappa shape index (κ2) is 9.78. The van der Waals surface area contributed by atoms with Crippen LogP contribution in [-0.4, -0.2) is 105 Å². The van der Waals surface area contributed by atoms with Gasteiger partial charge in [-0.3, -0.25) is 0 Å². The summed E-state index contributed by atoms with van der Waals surface area (Å²) in [6, 6.07) is 0. The van der Waals surface area contributed by atoms with Gasteiger partial charge in [-0.05, 0) is 0 Å². The van der Waals surface area contributed by atoms with Crippen molar-refractivity contribution in [3.63, 3.8) is 0 Å². The standard InChI is InChI=1S/C23H61N2PS4/c1-20(2)26(21(3)4,23(5,6)7)22(24(27(8,9)10)28(11,12)13)25(29(14,15)16)30(17,18)19/h20-22,26H,1-19H3. The Morgan fingerprint density at radius 2 is 0.700 bits per heavy atom. The molecule has 0 saturated carbocycles. The van der Waals surface area contributed by atoms with E-state index in [0.717, 1.165) is 11.3 Å². The molecule has 0 atom stereocenters. The summed E-state index contributed by atoms with van der Waals surface area (Å²) in [6.07, 6.45) is 30.6. The van der Waals surface area contributed by atoms with E-state index >= 15 is 0 Å². The summed E-state index contributed by atoms with van der Waals surface area (Å²) >= 11 is 0. The van der Waals surface area contributed by atoms with Crippen molar-refractivity contribution < 1.29 is 0 Å². The van der Waals surface area contributed by atoms with Crippen LogP contribution in [0.4, 0.5) is 0 Å². The van der Waals surface area contributed by atoms with Crippen LogP contribution in [0.2, 0.25) is 0 Å². The summed E-state index contributed by atoms with van der Waals surface area (Å²) in [5.74, 6) is 0.562. The normalized spacial score (nSPS) is 18.7. The van der Waals surface area contributed by atoms with Crippen LogP contribution >= 0.6 is 48.1 Å². The molecule has 0 heterocycles. The molecule has 2 nitrogen and oxygen atoms in total. The van der Waals surface area contributed by atoms with E-state index in [9.17, 15) is 0 Å². The number of hydrogen-bond donors (Lipinski definition) is 0. The van der Waals surface area contributed by atoms with Crippen LogP contribution in [0.15, 0.2) is 0 Å². The van der Waals surface area contributed by atoms with Gasteiger partial charge in [0, 0.05) is 0 Å². The third kappa shape index (κ3) is 6.66. The van der Waals surface area contributed by atoms with Crippen molar-refractivity contribution in [2.24, 2.45) is 0 Å². The first-order valence-corrected chi connectivity index (χ1v) is 24.6. The molecule has 0 aliphatic carbocycles. The number of nitrogens with zero attached hydrogens (tertiary/aromatic N) is 2. The molecule has 0 unspecified atom stereocenters. The van der Waals surface area contributed by atoms with Crippen molar-refractivity contribution in [1.29, 1.82) is 0 Å². The van der Waals surface area contributed by atoms with Gasteiger partial charge in [0.2, 0.25) is 0 Å². The Balaban J connectivity index is 7.83. The third-order valence-electron chi connectivity index (χ3n) is 6.20. The zero-order chi connectivity index (χ0) is 24.9. The van der Waals surface area contributed by atoms with Crippen LogP contribution in [0.5, 0.6) is 0 Å². The van der Waals surface area contributed by atoms with E-state index in [2.05, 4.69) is 131 Å². The molecule has 0 rings (SSSR count). The minimum absolute atomic E-state index is 0.321. The van der Waals surface area contributed by atoms with Gasteiger partial charge in [0.25, 0.3) is 0 Å². The molecule has 0 aromatic carbocycles. The Hall–Kier alpha value is 1.75. The van der Waals surface area contributed by atoms with Gasteiger partial charge in [-0.15, -0.1) is 0 Å². The van der Waals surface area contributed by atoms with Crippen LogP contribution in [0.3, 0.4) is 0 Å². The molecule has 0 radical (unpaired) electrons. The average Bonchev–Trinajstić information content (AvgIpc) is 2.27. The topological polar surface area (TPSA) is 6.48 Å². The Morgan fingerprint density at radius 1 is 0.500 bits per heavy atom. The Morgan fingerprint density at radius 3 is 0.800 bits per heavy atom. The van der Waals surface area contributed by atoms with Crippen LogP contribution in [0.1, 0.15) is 48.5 Å². The quantitative estimate of drug-likeness (QED) is 0.225. The molecular formula is C23H61N2PS4. The first-order valence-electron chi connectivity index (χ1n) is 11.1. The first-order chi connectivity index (χ1) is 12.7. The van der Waals surface area contributed by atoms with E-state index < -0.39 is 48.1 Å². The zero-order valence-corrected chi connectivity index (χ0v) is 28.5. The van der Waals surface area contributed by atoms with Crippen molar-refractivity contribution in [3.05, 3.63) is 0 Å². The van der Waals surface area contributed by atoms with Gasteiger partial charge in [0.15, 0.2) is 0 Å². The molecule has 0 aliphatic heterocycles. The maximum absolute atomic E-state index is 3.12. The fraction of sp³-hybridized carbons (Fsp3) is 1.00. The number of hydrogen-bond acceptors (Lipinski definition) is 2. The Labute approximate surface area is 200 Å². The van der Waals surface area contributed by atoms with Crippen LogP contribution < -0.4 is 0 Å². The second-order valence-corrected chi connectivity index (χ2v) is 35.9. The molecule has 0 N–H and O–H groups in total. The summed E-state index contributed by atoms with van der Waals surface area (Å²) in [5.41, 5.74) is 1.44. The predicted octanol–water partition coefficient (Wildman–Crippen LogP) is 7.68. The molecule has 0 bridgehead atoms. The molecule has 0 aliphatic rings. The predicted molar refractivity (Wildman–Crippen MR) is 167 cm³/mol. The zero-order valence-electron chi connectivity index (χ0n) is 24.3. The molecule has 0 aromatic heterocycles. The molecule has 7 heteroatoms. The van der Waals surface area contributed by atoms with Crippen LogP contribution in [0, 0.1) is 0 Å². The first kappa shape index (κ1) is 31.8. The summed E-state index contributed by atoms with van der Waals surface area (Å²) in [7, 11) is -5.54. The Bertz CT molecular complexity index is 490. The molecule has 0 fully saturated rings. The summed E-state index contributed by atoms with van der Waals surface area (Å²) in [4.78, 5) is 0. The molecule has 30 heavy (non-hydrogen) atoms. The van der Waals surface area contributed by atoms with Gasteiger partial charge in [-0.2, -0.15) is 0 Å². The van der Waals surface area contributed by atoms with Crippen molar-refractivity contribution >= 4 is 48.1 Å². The van der Waals surface area contributed by atoms with E-state index in [1.807, 2.05) is 0 Å². The summed E-state index contributed by atoms with van der Waals surface area (Å²) in [6.45, 7) is 18.0. The number of rotatable bonds is 9. The fourth-order valence-electron chi connectivity index (χ4n) is 6.35. The van der Waals surface area contributed by atoms with Crippen molar-refractivity contribution in [2.45, 2.75) is 70.8 Å².